The van der Waals surface area contributed by atoms with E-state index in [0.29, 0.717) is 0 Å². The van der Waals surface area contributed by atoms with Gasteiger partial charge in [0.15, 0.2) is 5.96 Å². The minimum absolute atomic E-state index is 0. The molecule has 1 aliphatic heterocycles. The van der Waals surface area contributed by atoms with Crippen LogP contribution in [0, 0.1) is 5.92 Å². The van der Waals surface area contributed by atoms with Crippen LogP contribution in [0.3, 0.4) is 0 Å². The fraction of sp³-hybridized carbons (Fsp3) is 0.667. The summed E-state index contributed by atoms with van der Waals surface area (Å²) in [5, 5.41) is 7.69. The molecule has 4 nitrogen and oxygen atoms in total. The third-order valence-electron chi connectivity index (χ3n) is 3.82. The third kappa shape index (κ3) is 6.52. The lowest BCUT2D eigenvalue weighted by molar-refractivity contribution is 0.0625. The van der Waals surface area contributed by atoms with E-state index in [1.54, 1.807) is 11.3 Å². The summed E-state index contributed by atoms with van der Waals surface area (Å²) in [6, 6.07) is 2.15. The first-order valence-electron chi connectivity index (χ1n) is 7.30. The summed E-state index contributed by atoms with van der Waals surface area (Å²) in [7, 11) is 3.96. The van der Waals surface area contributed by atoms with Crippen molar-refractivity contribution in [3.63, 3.8) is 0 Å². The Bertz CT molecular complexity index is 405. The van der Waals surface area contributed by atoms with E-state index in [0.717, 1.165) is 38.2 Å². The van der Waals surface area contributed by atoms with Gasteiger partial charge in [0, 0.05) is 40.4 Å². The predicted molar refractivity (Wildman–Crippen MR) is 101 cm³/mol. The number of ether oxygens (including phenoxy) is 1. The fourth-order valence-electron chi connectivity index (χ4n) is 2.48. The molecule has 21 heavy (non-hydrogen) atoms. The second kappa shape index (κ2) is 10.4. The van der Waals surface area contributed by atoms with Gasteiger partial charge in [-0.1, -0.05) is 0 Å². The summed E-state index contributed by atoms with van der Waals surface area (Å²) in [5.74, 6) is 1.78. The van der Waals surface area contributed by atoms with Crippen LogP contribution in [0.2, 0.25) is 0 Å². The van der Waals surface area contributed by atoms with Crippen LogP contribution in [0.15, 0.2) is 21.8 Å². The lowest BCUT2D eigenvalue weighted by Gasteiger charge is -2.26. The van der Waals surface area contributed by atoms with Crippen molar-refractivity contribution in [1.82, 2.24) is 10.2 Å². The summed E-state index contributed by atoms with van der Waals surface area (Å²) in [5.41, 5.74) is 1.31. The van der Waals surface area contributed by atoms with Crippen LogP contribution < -0.4 is 5.32 Å². The highest BCUT2D eigenvalue weighted by atomic mass is 127. The Hall–Kier alpha value is -0.340. The minimum atomic E-state index is 0. The van der Waals surface area contributed by atoms with Crippen LogP contribution in [0.5, 0.6) is 0 Å². The van der Waals surface area contributed by atoms with Gasteiger partial charge < -0.3 is 15.0 Å². The summed E-state index contributed by atoms with van der Waals surface area (Å²) in [6.07, 6.45) is 3.63. The van der Waals surface area contributed by atoms with Crippen molar-refractivity contribution in [2.24, 2.45) is 10.9 Å². The van der Waals surface area contributed by atoms with Crippen LogP contribution in [-0.4, -0.2) is 44.7 Å². The molecule has 0 aromatic carbocycles. The molecule has 1 saturated heterocycles. The molecule has 120 valence electrons. The van der Waals surface area contributed by atoms with Gasteiger partial charge in [0.1, 0.15) is 0 Å². The third-order valence-corrected chi connectivity index (χ3v) is 4.55. The van der Waals surface area contributed by atoms with Crippen LogP contribution in [0.1, 0.15) is 24.8 Å². The molecule has 2 rings (SSSR count). The number of guanidine groups is 1. The number of halogens is 1. The molecule has 1 N–H and O–H groups in total. The van der Waals surface area contributed by atoms with E-state index >= 15 is 0 Å². The van der Waals surface area contributed by atoms with E-state index < -0.39 is 0 Å². The average molecular weight is 423 g/mol. The number of rotatable bonds is 5. The Kier molecular flexibility index (Phi) is 9.26. The smallest absolute Gasteiger partial charge is 0.193 e. The molecule has 1 aromatic rings. The molecule has 0 bridgehead atoms. The van der Waals surface area contributed by atoms with Gasteiger partial charge in [0.25, 0.3) is 0 Å². The number of aliphatic imine (C=N–C) groups is 1. The van der Waals surface area contributed by atoms with Gasteiger partial charge in [-0.25, -0.2) is 0 Å². The summed E-state index contributed by atoms with van der Waals surface area (Å²) in [6.45, 7) is 3.75. The topological polar surface area (TPSA) is 36.9 Å². The monoisotopic (exact) mass is 423 g/mol. The first kappa shape index (κ1) is 18.7. The van der Waals surface area contributed by atoms with Crippen molar-refractivity contribution in [3.8, 4) is 0 Å². The highest BCUT2D eigenvalue weighted by Gasteiger charge is 2.15. The maximum absolute atomic E-state index is 5.41. The van der Waals surface area contributed by atoms with Gasteiger partial charge in [-0.3, -0.25) is 4.99 Å². The highest BCUT2D eigenvalue weighted by molar-refractivity contribution is 14.0. The van der Waals surface area contributed by atoms with Gasteiger partial charge >= 0.3 is 0 Å². The van der Waals surface area contributed by atoms with E-state index in [2.05, 4.69) is 39.1 Å². The molecule has 1 fully saturated rings. The zero-order valence-electron chi connectivity index (χ0n) is 12.9. The number of hydrogen-bond acceptors (Lipinski definition) is 3. The Morgan fingerprint density at radius 3 is 2.86 bits per heavy atom. The molecule has 0 unspecified atom stereocenters. The minimum Gasteiger partial charge on any atom is -0.381 e. The van der Waals surface area contributed by atoms with Crippen LogP contribution in [0.4, 0.5) is 0 Å². The zero-order chi connectivity index (χ0) is 14.2. The van der Waals surface area contributed by atoms with Crippen LogP contribution in [-0.2, 0) is 11.3 Å². The lowest BCUT2D eigenvalue weighted by Crippen LogP contribution is -2.39. The molecule has 0 amide bonds. The van der Waals surface area contributed by atoms with Crippen molar-refractivity contribution in [2.45, 2.75) is 25.8 Å². The van der Waals surface area contributed by atoms with Gasteiger partial charge in [0.05, 0.1) is 0 Å². The second-order valence-electron chi connectivity index (χ2n) is 5.30. The Morgan fingerprint density at radius 1 is 1.48 bits per heavy atom. The maximum atomic E-state index is 5.41. The SMILES string of the molecule is CN=C(NCc1ccsc1)N(C)CCC1CCOCC1.I. The van der Waals surface area contributed by atoms with Crippen molar-refractivity contribution in [3.05, 3.63) is 22.4 Å². The summed E-state index contributed by atoms with van der Waals surface area (Å²) < 4.78 is 5.41. The summed E-state index contributed by atoms with van der Waals surface area (Å²) >= 11 is 1.73. The van der Waals surface area contributed by atoms with E-state index in [1.165, 1.54) is 24.8 Å². The quantitative estimate of drug-likeness (QED) is 0.449. The Morgan fingerprint density at radius 2 is 2.24 bits per heavy atom. The van der Waals surface area contributed by atoms with E-state index in [4.69, 9.17) is 4.74 Å². The Balaban J connectivity index is 0.00000220. The van der Waals surface area contributed by atoms with E-state index in [-0.39, 0.29) is 24.0 Å². The average Bonchev–Trinajstić information content (AvgIpc) is 3.00. The number of hydrogen-bond donors (Lipinski definition) is 1. The standard InChI is InChI=1S/C15H25N3OS.HI/c1-16-15(17-11-14-6-10-20-12-14)18(2)7-3-13-4-8-19-9-5-13;/h6,10,12-13H,3-5,7-9,11H2,1-2H3,(H,16,17);1H. The zero-order valence-corrected chi connectivity index (χ0v) is 16.0. The molecule has 1 aromatic heterocycles. The molecule has 0 aliphatic carbocycles. The highest BCUT2D eigenvalue weighted by Crippen LogP contribution is 2.18. The molecule has 0 radical (unpaired) electrons. The molecule has 0 spiro atoms. The normalized spacial score (nSPS) is 16.4. The van der Waals surface area contributed by atoms with Crippen molar-refractivity contribution < 1.29 is 4.74 Å². The van der Waals surface area contributed by atoms with Crippen molar-refractivity contribution in [1.29, 1.82) is 0 Å². The molecule has 1 aliphatic rings. The first-order valence-corrected chi connectivity index (χ1v) is 8.24. The van der Waals surface area contributed by atoms with Gasteiger partial charge in [-0.05, 0) is 47.6 Å². The fourth-order valence-corrected chi connectivity index (χ4v) is 3.14. The van der Waals surface area contributed by atoms with Crippen LogP contribution >= 0.6 is 35.3 Å². The van der Waals surface area contributed by atoms with Crippen molar-refractivity contribution >= 4 is 41.3 Å². The van der Waals surface area contributed by atoms with Crippen LogP contribution in [0.25, 0.3) is 0 Å². The number of nitrogens with one attached hydrogen (secondary N) is 1. The number of thiophene rings is 1. The maximum Gasteiger partial charge on any atom is 0.193 e. The van der Waals surface area contributed by atoms with Gasteiger partial charge in [-0.15, -0.1) is 24.0 Å². The van der Waals surface area contributed by atoms with E-state index in [1.807, 2.05) is 7.05 Å². The molecular formula is C15H26IN3OS. The molecule has 0 saturated carbocycles. The lowest BCUT2D eigenvalue weighted by atomic mass is 9.96. The largest absolute Gasteiger partial charge is 0.381 e. The molecule has 2 heterocycles. The molecule has 0 atom stereocenters. The molecule has 6 heteroatoms. The predicted octanol–water partition coefficient (Wildman–Crippen LogP) is 3.19. The van der Waals surface area contributed by atoms with Crippen molar-refractivity contribution in [2.75, 3.05) is 33.9 Å². The van der Waals surface area contributed by atoms with Gasteiger partial charge in [-0.2, -0.15) is 11.3 Å². The molecular weight excluding hydrogens is 397 g/mol. The second-order valence-corrected chi connectivity index (χ2v) is 6.08. The Labute approximate surface area is 149 Å². The van der Waals surface area contributed by atoms with Gasteiger partial charge in [0.2, 0.25) is 0 Å². The number of nitrogens with zero attached hydrogens (tertiary/aromatic N) is 2. The summed E-state index contributed by atoms with van der Waals surface area (Å²) in [4.78, 5) is 6.59. The first-order chi connectivity index (χ1) is 9.79. The van der Waals surface area contributed by atoms with E-state index in [9.17, 15) is 0 Å².